The molecule has 0 fully saturated rings. The molecule has 5 aromatic rings. The summed E-state index contributed by atoms with van der Waals surface area (Å²) in [6.07, 6.45) is -3.44. The lowest BCUT2D eigenvalue weighted by Gasteiger charge is -2.15. The van der Waals surface area contributed by atoms with E-state index in [4.69, 9.17) is 14.2 Å². The molecule has 0 spiro atoms. The molecule has 0 aliphatic rings. The second-order valence-corrected chi connectivity index (χ2v) is 8.10. The van der Waals surface area contributed by atoms with E-state index in [2.05, 4.69) is 35.3 Å². The SMILES string of the molecule is COc1cc(Nc2ncnc(-n3c(Nc4ccc(OC(F)(F)F)cc4)nc4ccccc43)n2)cc(OC)c1OC. The molecule has 11 nitrogen and oxygen atoms in total. The first-order chi connectivity index (χ1) is 19.3. The van der Waals surface area contributed by atoms with Gasteiger partial charge in [0.1, 0.15) is 12.1 Å². The normalized spacial score (nSPS) is 11.2. The number of hydrogen-bond donors (Lipinski definition) is 2. The fraction of sp³-hybridized carbons (Fsp3) is 0.154. The number of fused-ring (bicyclic) bond motifs is 1. The van der Waals surface area contributed by atoms with Crippen molar-refractivity contribution in [2.75, 3.05) is 32.0 Å². The van der Waals surface area contributed by atoms with Crippen LogP contribution in [0.25, 0.3) is 17.0 Å². The van der Waals surface area contributed by atoms with Crippen molar-refractivity contribution >= 4 is 34.3 Å². The lowest BCUT2D eigenvalue weighted by Crippen LogP contribution is -2.17. The van der Waals surface area contributed by atoms with E-state index < -0.39 is 6.36 Å². The predicted molar refractivity (Wildman–Crippen MR) is 140 cm³/mol. The highest BCUT2D eigenvalue weighted by molar-refractivity contribution is 5.81. The van der Waals surface area contributed by atoms with E-state index in [0.29, 0.717) is 45.6 Å². The number of methoxy groups -OCH3 is 3. The van der Waals surface area contributed by atoms with Gasteiger partial charge in [0.15, 0.2) is 11.5 Å². The zero-order chi connectivity index (χ0) is 28.3. The number of para-hydroxylation sites is 2. The molecular formula is C26H22F3N7O4. The quantitative estimate of drug-likeness (QED) is 0.238. The lowest BCUT2D eigenvalue weighted by atomic mass is 10.2. The van der Waals surface area contributed by atoms with Crippen molar-refractivity contribution in [3.63, 3.8) is 0 Å². The summed E-state index contributed by atoms with van der Waals surface area (Å²) in [5.41, 5.74) is 2.37. The maximum absolute atomic E-state index is 12.5. The van der Waals surface area contributed by atoms with E-state index in [1.807, 2.05) is 24.3 Å². The third-order valence-electron chi connectivity index (χ3n) is 5.58. The van der Waals surface area contributed by atoms with Crippen LogP contribution in [-0.4, -0.2) is 52.2 Å². The molecule has 0 aliphatic heterocycles. The highest BCUT2D eigenvalue weighted by Gasteiger charge is 2.31. The fourth-order valence-electron chi connectivity index (χ4n) is 3.92. The number of nitrogens with zero attached hydrogens (tertiary/aromatic N) is 5. The molecule has 206 valence electrons. The van der Waals surface area contributed by atoms with Crippen LogP contribution in [0.5, 0.6) is 23.0 Å². The van der Waals surface area contributed by atoms with Gasteiger partial charge < -0.3 is 29.6 Å². The lowest BCUT2D eigenvalue weighted by molar-refractivity contribution is -0.274. The van der Waals surface area contributed by atoms with Gasteiger partial charge in [0, 0.05) is 23.5 Å². The molecule has 2 N–H and O–H groups in total. The van der Waals surface area contributed by atoms with Crippen LogP contribution in [-0.2, 0) is 0 Å². The average molecular weight is 554 g/mol. The third-order valence-corrected chi connectivity index (χ3v) is 5.58. The molecule has 0 saturated heterocycles. The van der Waals surface area contributed by atoms with Gasteiger partial charge in [-0.25, -0.2) is 19.5 Å². The van der Waals surface area contributed by atoms with Gasteiger partial charge in [0.25, 0.3) is 0 Å². The number of anilines is 4. The van der Waals surface area contributed by atoms with Gasteiger partial charge in [-0.05, 0) is 36.4 Å². The molecule has 2 heterocycles. The van der Waals surface area contributed by atoms with Crippen LogP contribution in [0.4, 0.5) is 36.4 Å². The van der Waals surface area contributed by atoms with Crippen LogP contribution in [0.3, 0.4) is 0 Å². The zero-order valence-electron chi connectivity index (χ0n) is 21.4. The van der Waals surface area contributed by atoms with Gasteiger partial charge in [-0.15, -0.1) is 13.2 Å². The number of benzene rings is 3. The van der Waals surface area contributed by atoms with E-state index in [9.17, 15) is 13.2 Å². The Kier molecular flexibility index (Phi) is 7.14. The summed E-state index contributed by atoms with van der Waals surface area (Å²) in [7, 11) is 4.53. The van der Waals surface area contributed by atoms with E-state index in [-0.39, 0.29) is 17.6 Å². The predicted octanol–water partition coefficient (Wildman–Crippen LogP) is 5.62. The number of hydrogen-bond acceptors (Lipinski definition) is 10. The minimum Gasteiger partial charge on any atom is -0.493 e. The molecule has 0 radical (unpaired) electrons. The second kappa shape index (κ2) is 10.8. The summed E-state index contributed by atoms with van der Waals surface area (Å²) < 4.78 is 59.4. The number of aromatic nitrogens is 5. The molecule has 40 heavy (non-hydrogen) atoms. The minimum atomic E-state index is -4.78. The van der Waals surface area contributed by atoms with Crippen molar-refractivity contribution in [2.24, 2.45) is 0 Å². The Balaban J connectivity index is 1.49. The highest BCUT2D eigenvalue weighted by atomic mass is 19.4. The van der Waals surface area contributed by atoms with Crippen molar-refractivity contribution in [1.29, 1.82) is 0 Å². The Hall–Kier alpha value is -5.27. The zero-order valence-corrected chi connectivity index (χ0v) is 21.4. The van der Waals surface area contributed by atoms with Crippen LogP contribution in [0.1, 0.15) is 0 Å². The van der Waals surface area contributed by atoms with Gasteiger partial charge >= 0.3 is 6.36 Å². The van der Waals surface area contributed by atoms with Crippen LogP contribution >= 0.6 is 0 Å². The largest absolute Gasteiger partial charge is 0.573 e. The number of alkyl halides is 3. The van der Waals surface area contributed by atoms with Crippen molar-refractivity contribution in [3.05, 3.63) is 67.0 Å². The molecule has 5 rings (SSSR count). The van der Waals surface area contributed by atoms with E-state index in [0.717, 1.165) is 0 Å². The van der Waals surface area contributed by atoms with Gasteiger partial charge in [-0.2, -0.15) is 4.98 Å². The number of ether oxygens (including phenoxy) is 4. The highest BCUT2D eigenvalue weighted by Crippen LogP contribution is 2.40. The summed E-state index contributed by atoms with van der Waals surface area (Å²) in [6.45, 7) is 0. The van der Waals surface area contributed by atoms with Crippen LogP contribution in [0.15, 0.2) is 67.0 Å². The number of rotatable bonds is 9. The molecule has 3 aromatic carbocycles. The Morgan fingerprint density at radius 1 is 0.775 bits per heavy atom. The van der Waals surface area contributed by atoms with E-state index in [1.165, 1.54) is 51.9 Å². The summed E-state index contributed by atoms with van der Waals surface area (Å²) in [5.74, 6) is 1.76. The van der Waals surface area contributed by atoms with Gasteiger partial charge in [-0.1, -0.05) is 12.1 Å². The molecule has 0 bridgehead atoms. The molecule has 0 aliphatic carbocycles. The van der Waals surface area contributed by atoms with E-state index >= 15 is 0 Å². The molecule has 0 atom stereocenters. The first-order valence-corrected chi connectivity index (χ1v) is 11.6. The minimum absolute atomic E-state index is 0.219. The maximum Gasteiger partial charge on any atom is 0.573 e. The van der Waals surface area contributed by atoms with Crippen LogP contribution in [0.2, 0.25) is 0 Å². The summed E-state index contributed by atoms with van der Waals surface area (Å²) in [5, 5.41) is 6.22. The van der Waals surface area contributed by atoms with Crippen molar-refractivity contribution < 1.29 is 32.1 Å². The summed E-state index contributed by atoms with van der Waals surface area (Å²) in [4.78, 5) is 17.7. The van der Waals surface area contributed by atoms with Crippen LogP contribution < -0.4 is 29.6 Å². The smallest absolute Gasteiger partial charge is 0.493 e. The topological polar surface area (TPSA) is 117 Å². The third kappa shape index (κ3) is 5.60. The number of nitrogens with one attached hydrogen (secondary N) is 2. The van der Waals surface area contributed by atoms with Gasteiger partial charge in [0.05, 0.1) is 32.4 Å². The molecule has 0 amide bonds. The molecule has 2 aromatic heterocycles. The molecular weight excluding hydrogens is 531 g/mol. The summed E-state index contributed by atoms with van der Waals surface area (Å²) in [6, 6.07) is 16.0. The standard InChI is InChI=1S/C26H22F3N7O4/c1-37-20-12-16(13-21(38-2)22(20)39-3)32-23-30-14-31-24(35-23)36-19-7-5-4-6-18(19)34-25(36)33-15-8-10-17(11-9-15)40-26(27,28)29/h4-14H,1-3H3,(H,33,34)(H,30,31,32,35). The molecule has 0 unspecified atom stereocenters. The Bertz CT molecular complexity index is 1620. The number of imidazole rings is 1. The molecule has 0 saturated carbocycles. The monoisotopic (exact) mass is 553 g/mol. The van der Waals surface area contributed by atoms with Crippen molar-refractivity contribution in [3.8, 4) is 28.9 Å². The van der Waals surface area contributed by atoms with Crippen molar-refractivity contribution in [1.82, 2.24) is 24.5 Å². The first-order valence-electron chi connectivity index (χ1n) is 11.6. The molecule has 14 heteroatoms. The van der Waals surface area contributed by atoms with Crippen LogP contribution in [0, 0.1) is 0 Å². The van der Waals surface area contributed by atoms with E-state index in [1.54, 1.807) is 16.7 Å². The van der Waals surface area contributed by atoms with Gasteiger partial charge in [0.2, 0.25) is 23.6 Å². The fourth-order valence-corrected chi connectivity index (χ4v) is 3.92. The maximum atomic E-state index is 12.5. The Labute approximate surface area is 225 Å². The number of halogens is 3. The summed E-state index contributed by atoms with van der Waals surface area (Å²) >= 11 is 0. The second-order valence-electron chi connectivity index (χ2n) is 8.10. The first kappa shape index (κ1) is 26.3. The average Bonchev–Trinajstić information content (AvgIpc) is 3.30. The van der Waals surface area contributed by atoms with Crippen molar-refractivity contribution in [2.45, 2.75) is 6.36 Å². The Morgan fingerprint density at radius 2 is 1.48 bits per heavy atom. The van der Waals surface area contributed by atoms with Gasteiger partial charge in [-0.3, -0.25) is 0 Å². The Morgan fingerprint density at radius 3 is 2.12 bits per heavy atom.